The van der Waals surface area contributed by atoms with E-state index in [1.165, 1.54) is 6.42 Å². The molecule has 0 aromatic carbocycles. The smallest absolute Gasteiger partial charge is 0.0287 e. The standard InChI is InChI=1S/C9H13N/c1-7-9(10-7)8-5-3-2-4-6-8/h2-5,7-10H,6H2,1H3/t7-,8?,9+/m1/s1. The minimum atomic E-state index is 0.751. The molecule has 0 saturated carbocycles. The highest BCUT2D eigenvalue weighted by atomic mass is 15.1. The molecule has 0 bridgehead atoms. The Labute approximate surface area is 61.8 Å². The lowest BCUT2D eigenvalue weighted by Crippen LogP contribution is -2.08. The van der Waals surface area contributed by atoms with Crippen molar-refractivity contribution in [1.82, 2.24) is 5.32 Å². The topological polar surface area (TPSA) is 21.9 Å². The minimum absolute atomic E-state index is 0.751. The van der Waals surface area contributed by atoms with Crippen LogP contribution in [0.15, 0.2) is 24.3 Å². The average molecular weight is 135 g/mol. The maximum atomic E-state index is 3.42. The third kappa shape index (κ3) is 1.01. The summed E-state index contributed by atoms with van der Waals surface area (Å²) >= 11 is 0. The molecule has 2 aliphatic rings. The molecule has 1 saturated heterocycles. The van der Waals surface area contributed by atoms with Gasteiger partial charge in [0.15, 0.2) is 0 Å². The summed E-state index contributed by atoms with van der Waals surface area (Å²) in [5.41, 5.74) is 0. The van der Waals surface area contributed by atoms with E-state index in [1.54, 1.807) is 0 Å². The molecular formula is C9H13N. The van der Waals surface area contributed by atoms with Gasteiger partial charge in [0.25, 0.3) is 0 Å². The van der Waals surface area contributed by atoms with Gasteiger partial charge in [0, 0.05) is 12.1 Å². The SMILES string of the molecule is C[C@H]1N[C@@H]1C1C=CC=CC1. The summed E-state index contributed by atoms with van der Waals surface area (Å²) in [4.78, 5) is 0. The molecule has 54 valence electrons. The van der Waals surface area contributed by atoms with Crippen LogP contribution >= 0.6 is 0 Å². The number of allylic oxidation sites excluding steroid dienone is 3. The van der Waals surface area contributed by atoms with Crippen LogP contribution in [0.5, 0.6) is 0 Å². The maximum absolute atomic E-state index is 3.42. The molecule has 0 radical (unpaired) electrons. The summed E-state index contributed by atoms with van der Waals surface area (Å²) in [6, 6.07) is 1.52. The van der Waals surface area contributed by atoms with Crippen molar-refractivity contribution in [3.8, 4) is 0 Å². The molecule has 0 aromatic rings. The highest BCUT2D eigenvalue weighted by molar-refractivity contribution is 5.17. The molecule has 10 heavy (non-hydrogen) atoms. The van der Waals surface area contributed by atoms with Gasteiger partial charge in [-0.05, 0) is 19.3 Å². The predicted molar refractivity (Wildman–Crippen MR) is 42.8 cm³/mol. The fraction of sp³-hybridized carbons (Fsp3) is 0.556. The van der Waals surface area contributed by atoms with Crippen LogP contribution < -0.4 is 5.32 Å². The number of hydrogen-bond acceptors (Lipinski definition) is 1. The second kappa shape index (κ2) is 2.24. The molecule has 2 rings (SSSR count). The van der Waals surface area contributed by atoms with Crippen molar-refractivity contribution >= 4 is 0 Å². The Kier molecular flexibility index (Phi) is 1.38. The first kappa shape index (κ1) is 6.17. The average Bonchev–Trinajstić information content (AvgIpc) is 2.69. The fourth-order valence-corrected chi connectivity index (χ4v) is 1.61. The Bertz CT molecular complexity index is 181. The highest BCUT2D eigenvalue weighted by Gasteiger charge is 2.36. The van der Waals surface area contributed by atoms with Crippen LogP contribution in [0.25, 0.3) is 0 Å². The Morgan fingerprint density at radius 1 is 1.40 bits per heavy atom. The zero-order chi connectivity index (χ0) is 6.97. The summed E-state index contributed by atoms with van der Waals surface area (Å²) in [6.45, 7) is 2.25. The second-order valence-electron chi connectivity index (χ2n) is 3.19. The van der Waals surface area contributed by atoms with Crippen LogP contribution in [-0.2, 0) is 0 Å². The molecule has 1 aliphatic heterocycles. The van der Waals surface area contributed by atoms with Gasteiger partial charge < -0.3 is 5.32 Å². The van der Waals surface area contributed by atoms with Crippen LogP contribution in [0.2, 0.25) is 0 Å². The van der Waals surface area contributed by atoms with Crippen molar-refractivity contribution in [3.05, 3.63) is 24.3 Å². The first-order valence-electron chi connectivity index (χ1n) is 3.97. The van der Waals surface area contributed by atoms with Gasteiger partial charge in [0.05, 0.1) is 0 Å². The lowest BCUT2D eigenvalue weighted by atomic mass is 9.96. The summed E-state index contributed by atoms with van der Waals surface area (Å²) in [5, 5.41) is 3.42. The molecule has 1 heteroatoms. The highest BCUT2D eigenvalue weighted by Crippen LogP contribution is 2.25. The third-order valence-corrected chi connectivity index (χ3v) is 2.36. The van der Waals surface area contributed by atoms with E-state index >= 15 is 0 Å². The fourth-order valence-electron chi connectivity index (χ4n) is 1.61. The molecule has 1 heterocycles. The van der Waals surface area contributed by atoms with E-state index in [4.69, 9.17) is 0 Å². The van der Waals surface area contributed by atoms with E-state index in [0.29, 0.717) is 0 Å². The van der Waals surface area contributed by atoms with Crippen molar-refractivity contribution in [2.45, 2.75) is 25.4 Å². The molecule has 0 aromatic heterocycles. The molecule has 3 atom stereocenters. The molecule has 1 fully saturated rings. The van der Waals surface area contributed by atoms with Gasteiger partial charge in [-0.25, -0.2) is 0 Å². The summed E-state index contributed by atoms with van der Waals surface area (Å²) < 4.78 is 0. The van der Waals surface area contributed by atoms with Crippen molar-refractivity contribution in [1.29, 1.82) is 0 Å². The number of rotatable bonds is 1. The van der Waals surface area contributed by atoms with E-state index in [-0.39, 0.29) is 0 Å². The lowest BCUT2D eigenvalue weighted by Gasteiger charge is -2.09. The van der Waals surface area contributed by atoms with E-state index in [2.05, 4.69) is 36.5 Å². The zero-order valence-corrected chi connectivity index (χ0v) is 6.25. The van der Waals surface area contributed by atoms with E-state index in [1.807, 2.05) is 0 Å². The predicted octanol–water partition coefficient (Wildman–Crippen LogP) is 1.48. The van der Waals surface area contributed by atoms with Crippen LogP contribution in [-0.4, -0.2) is 12.1 Å². The van der Waals surface area contributed by atoms with E-state index in [0.717, 1.165) is 18.0 Å². The van der Waals surface area contributed by atoms with Gasteiger partial charge in [0.1, 0.15) is 0 Å². The van der Waals surface area contributed by atoms with Crippen molar-refractivity contribution in [3.63, 3.8) is 0 Å². The monoisotopic (exact) mass is 135 g/mol. The molecule has 0 amide bonds. The van der Waals surface area contributed by atoms with Crippen molar-refractivity contribution < 1.29 is 0 Å². The van der Waals surface area contributed by atoms with Gasteiger partial charge in [0.2, 0.25) is 0 Å². The molecule has 1 aliphatic carbocycles. The number of hydrogen-bond donors (Lipinski definition) is 1. The first-order chi connectivity index (χ1) is 4.88. The maximum Gasteiger partial charge on any atom is 0.0287 e. The van der Waals surface area contributed by atoms with Crippen molar-refractivity contribution in [2.75, 3.05) is 0 Å². The van der Waals surface area contributed by atoms with Gasteiger partial charge >= 0.3 is 0 Å². The first-order valence-corrected chi connectivity index (χ1v) is 3.97. The minimum Gasteiger partial charge on any atom is -0.308 e. The van der Waals surface area contributed by atoms with Crippen LogP contribution in [0.4, 0.5) is 0 Å². The Hall–Kier alpha value is -0.560. The van der Waals surface area contributed by atoms with Gasteiger partial charge in [-0.2, -0.15) is 0 Å². The Morgan fingerprint density at radius 2 is 2.20 bits per heavy atom. The molecular weight excluding hydrogens is 122 g/mol. The van der Waals surface area contributed by atoms with Gasteiger partial charge in [-0.15, -0.1) is 0 Å². The molecule has 1 N–H and O–H groups in total. The van der Waals surface area contributed by atoms with Crippen molar-refractivity contribution in [2.24, 2.45) is 5.92 Å². The zero-order valence-electron chi connectivity index (χ0n) is 6.25. The lowest BCUT2D eigenvalue weighted by molar-refractivity contribution is 0.628. The van der Waals surface area contributed by atoms with Gasteiger partial charge in [-0.1, -0.05) is 24.3 Å². The Balaban J connectivity index is 1.95. The summed E-state index contributed by atoms with van der Waals surface area (Å²) in [7, 11) is 0. The third-order valence-electron chi connectivity index (χ3n) is 2.36. The molecule has 1 unspecified atom stereocenters. The normalized spacial score (nSPS) is 43.9. The second-order valence-corrected chi connectivity index (χ2v) is 3.19. The van der Waals surface area contributed by atoms with Crippen LogP contribution in [0.1, 0.15) is 13.3 Å². The number of nitrogens with one attached hydrogen (secondary N) is 1. The van der Waals surface area contributed by atoms with Crippen LogP contribution in [0.3, 0.4) is 0 Å². The molecule has 0 spiro atoms. The largest absolute Gasteiger partial charge is 0.308 e. The van der Waals surface area contributed by atoms with E-state index in [9.17, 15) is 0 Å². The Morgan fingerprint density at radius 3 is 2.70 bits per heavy atom. The summed E-state index contributed by atoms with van der Waals surface area (Å²) in [6.07, 6.45) is 10.1. The van der Waals surface area contributed by atoms with Gasteiger partial charge in [-0.3, -0.25) is 0 Å². The quantitative estimate of drug-likeness (QED) is 0.540. The van der Waals surface area contributed by atoms with E-state index < -0.39 is 0 Å². The van der Waals surface area contributed by atoms with Crippen LogP contribution in [0, 0.1) is 5.92 Å². The molecule has 1 nitrogen and oxygen atoms in total. The summed E-state index contributed by atoms with van der Waals surface area (Å²) in [5.74, 6) is 0.764.